The molecule has 3 rings (SSSR count). The van der Waals surface area contributed by atoms with Gasteiger partial charge < -0.3 is 5.32 Å². The van der Waals surface area contributed by atoms with Gasteiger partial charge in [0.2, 0.25) is 0 Å². The SMILES string of the molecule is CCCCc1ccc(N[C@H]2SC(=O)N(c3ccccc3)C2=O)cc1. The lowest BCUT2D eigenvalue weighted by Gasteiger charge is -2.15. The normalized spacial score (nSPS) is 17.4. The van der Waals surface area contributed by atoms with Gasteiger partial charge in [-0.25, -0.2) is 4.90 Å². The van der Waals surface area contributed by atoms with Gasteiger partial charge in [0.1, 0.15) is 0 Å². The van der Waals surface area contributed by atoms with E-state index in [1.54, 1.807) is 12.1 Å². The number of imide groups is 1. The Balaban J connectivity index is 1.68. The van der Waals surface area contributed by atoms with Crippen molar-refractivity contribution in [2.24, 2.45) is 0 Å². The zero-order valence-electron chi connectivity index (χ0n) is 13.6. The molecule has 0 spiro atoms. The van der Waals surface area contributed by atoms with Crippen molar-refractivity contribution in [3.8, 4) is 0 Å². The summed E-state index contributed by atoms with van der Waals surface area (Å²) in [6.45, 7) is 2.17. The van der Waals surface area contributed by atoms with Crippen LogP contribution in [0.15, 0.2) is 54.6 Å². The predicted molar refractivity (Wildman–Crippen MR) is 99.4 cm³/mol. The summed E-state index contributed by atoms with van der Waals surface area (Å²) < 4.78 is 0. The number of unbranched alkanes of at least 4 members (excludes halogenated alkanes) is 1. The van der Waals surface area contributed by atoms with Gasteiger partial charge in [-0.1, -0.05) is 43.7 Å². The van der Waals surface area contributed by atoms with Crippen molar-refractivity contribution in [2.75, 3.05) is 10.2 Å². The van der Waals surface area contributed by atoms with Crippen molar-refractivity contribution in [2.45, 2.75) is 31.6 Å². The van der Waals surface area contributed by atoms with E-state index in [1.165, 1.54) is 23.3 Å². The topological polar surface area (TPSA) is 49.4 Å². The van der Waals surface area contributed by atoms with Gasteiger partial charge in [-0.2, -0.15) is 0 Å². The summed E-state index contributed by atoms with van der Waals surface area (Å²) in [4.78, 5) is 26.0. The summed E-state index contributed by atoms with van der Waals surface area (Å²) in [5.74, 6) is -0.230. The van der Waals surface area contributed by atoms with E-state index in [-0.39, 0.29) is 11.1 Å². The highest BCUT2D eigenvalue weighted by atomic mass is 32.2. The molecule has 4 nitrogen and oxygen atoms in total. The first-order valence-corrected chi connectivity index (χ1v) is 9.02. The highest BCUT2D eigenvalue weighted by Gasteiger charge is 2.40. The van der Waals surface area contributed by atoms with Crippen LogP contribution in [0.2, 0.25) is 0 Å². The van der Waals surface area contributed by atoms with E-state index in [0.29, 0.717) is 5.69 Å². The predicted octanol–water partition coefficient (Wildman–Crippen LogP) is 4.67. The second-order valence-electron chi connectivity index (χ2n) is 5.72. The van der Waals surface area contributed by atoms with Crippen LogP contribution in [0.4, 0.5) is 16.2 Å². The van der Waals surface area contributed by atoms with E-state index in [1.807, 2.05) is 30.3 Å². The smallest absolute Gasteiger partial charge is 0.295 e. The number of rotatable bonds is 6. The van der Waals surface area contributed by atoms with Gasteiger partial charge in [0.15, 0.2) is 5.37 Å². The maximum atomic E-state index is 12.6. The van der Waals surface area contributed by atoms with Gasteiger partial charge in [0.25, 0.3) is 11.1 Å². The number of carbonyl (C=O) groups is 2. The summed E-state index contributed by atoms with van der Waals surface area (Å²) in [5.41, 5.74) is 2.75. The number of anilines is 2. The molecule has 1 aliphatic heterocycles. The van der Waals surface area contributed by atoms with E-state index in [2.05, 4.69) is 24.4 Å². The molecule has 2 amide bonds. The quantitative estimate of drug-likeness (QED) is 0.830. The van der Waals surface area contributed by atoms with Crippen molar-refractivity contribution >= 4 is 34.3 Å². The first kappa shape index (κ1) is 16.6. The van der Waals surface area contributed by atoms with E-state index in [4.69, 9.17) is 0 Å². The fourth-order valence-electron chi connectivity index (χ4n) is 2.61. The molecule has 0 saturated carbocycles. The highest BCUT2D eigenvalue weighted by molar-refractivity contribution is 8.16. The Bertz CT molecular complexity index is 716. The van der Waals surface area contributed by atoms with Crippen LogP contribution in [-0.4, -0.2) is 16.5 Å². The Hall–Kier alpha value is -2.27. The Kier molecular flexibility index (Phi) is 5.20. The van der Waals surface area contributed by atoms with Crippen LogP contribution in [0.5, 0.6) is 0 Å². The van der Waals surface area contributed by atoms with Gasteiger partial charge in [-0.05, 0) is 54.4 Å². The molecule has 1 fully saturated rings. The maximum absolute atomic E-state index is 12.6. The van der Waals surface area contributed by atoms with Crippen molar-refractivity contribution in [1.29, 1.82) is 0 Å². The largest absolute Gasteiger partial charge is 0.365 e. The number of aryl methyl sites for hydroxylation is 1. The van der Waals surface area contributed by atoms with Crippen LogP contribution < -0.4 is 10.2 Å². The molecule has 5 heteroatoms. The number of nitrogens with one attached hydrogen (secondary N) is 1. The summed E-state index contributed by atoms with van der Waals surface area (Å²) in [6.07, 6.45) is 3.41. The minimum Gasteiger partial charge on any atom is -0.365 e. The van der Waals surface area contributed by atoms with Gasteiger partial charge >= 0.3 is 0 Å². The molecular formula is C19H20N2O2S. The van der Waals surface area contributed by atoms with Gasteiger partial charge in [-0.15, -0.1) is 0 Å². The Labute approximate surface area is 146 Å². The molecule has 1 N–H and O–H groups in total. The second-order valence-corrected chi connectivity index (χ2v) is 6.77. The van der Waals surface area contributed by atoms with E-state index < -0.39 is 5.37 Å². The third kappa shape index (κ3) is 3.62. The van der Waals surface area contributed by atoms with Crippen molar-refractivity contribution in [3.63, 3.8) is 0 Å². The minimum atomic E-state index is -0.584. The number of hydrogen-bond donors (Lipinski definition) is 1. The number of nitrogens with zero attached hydrogens (tertiary/aromatic N) is 1. The highest BCUT2D eigenvalue weighted by Crippen LogP contribution is 2.32. The lowest BCUT2D eigenvalue weighted by atomic mass is 10.1. The first-order valence-electron chi connectivity index (χ1n) is 8.14. The Morgan fingerprint density at radius 1 is 1.04 bits per heavy atom. The van der Waals surface area contributed by atoms with Crippen LogP contribution in [-0.2, 0) is 11.2 Å². The minimum absolute atomic E-state index is 0.230. The van der Waals surface area contributed by atoms with Crippen molar-refractivity contribution in [3.05, 3.63) is 60.2 Å². The number of hydrogen-bond acceptors (Lipinski definition) is 4. The van der Waals surface area contributed by atoms with Crippen molar-refractivity contribution in [1.82, 2.24) is 0 Å². The molecule has 2 aromatic rings. The molecule has 0 unspecified atom stereocenters. The summed E-state index contributed by atoms with van der Waals surface area (Å²) in [5, 5.41) is 2.32. The standard InChI is InChI=1S/C19H20N2O2S/c1-2-3-7-14-10-12-15(13-11-14)20-17-18(22)21(19(23)24-17)16-8-5-4-6-9-16/h4-6,8-13,17,20H,2-3,7H2,1H3/t17-/m0/s1. The number of para-hydroxylation sites is 1. The molecule has 1 atom stereocenters. The zero-order valence-corrected chi connectivity index (χ0v) is 14.4. The number of benzene rings is 2. The van der Waals surface area contributed by atoms with Gasteiger partial charge in [0, 0.05) is 5.69 Å². The third-order valence-corrected chi connectivity index (χ3v) is 4.87. The average molecular weight is 340 g/mol. The first-order chi connectivity index (χ1) is 11.7. The molecule has 0 aromatic heterocycles. The number of amides is 2. The molecule has 24 heavy (non-hydrogen) atoms. The molecule has 1 heterocycles. The zero-order chi connectivity index (χ0) is 16.9. The second kappa shape index (κ2) is 7.53. The average Bonchev–Trinajstić information content (AvgIpc) is 2.88. The Morgan fingerprint density at radius 3 is 2.42 bits per heavy atom. The summed E-state index contributed by atoms with van der Waals surface area (Å²) in [7, 11) is 0. The van der Waals surface area contributed by atoms with Crippen LogP contribution in [0.25, 0.3) is 0 Å². The molecule has 1 saturated heterocycles. The fraction of sp³-hybridized carbons (Fsp3) is 0.263. The summed E-state index contributed by atoms with van der Waals surface area (Å²) >= 11 is 1.02. The van der Waals surface area contributed by atoms with E-state index in [0.717, 1.165) is 23.9 Å². The van der Waals surface area contributed by atoms with Crippen LogP contribution in [0.3, 0.4) is 0 Å². The van der Waals surface area contributed by atoms with Gasteiger partial charge in [-0.3, -0.25) is 9.59 Å². The molecule has 0 aliphatic carbocycles. The molecule has 124 valence electrons. The molecule has 1 aliphatic rings. The number of thioether (sulfide) groups is 1. The lowest BCUT2D eigenvalue weighted by Crippen LogP contribution is -2.34. The van der Waals surface area contributed by atoms with Gasteiger partial charge in [0.05, 0.1) is 5.69 Å². The molecule has 0 bridgehead atoms. The monoisotopic (exact) mass is 340 g/mol. The van der Waals surface area contributed by atoms with E-state index in [9.17, 15) is 9.59 Å². The third-order valence-electron chi connectivity index (χ3n) is 3.93. The van der Waals surface area contributed by atoms with Crippen LogP contribution in [0.1, 0.15) is 25.3 Å². The maximum Gasteiger partial charge on any atom is 0.295 e. The number of carbonyl (C=O) groups excluding carboxylic acids is 2. The summed E-state index contributed by atoms with van der Waals surface area (Å²) in [6, 6.07) is 17.1. The van der Waals surface area contributed by atoms with Crippen LogP contribution >= 0.6 is 11.8 Å². The lowest BCUT2D eigenvalue weighted by molar-refractivity contribution is -0.116. The molecule has 2 aromatic carbocycles. The van der Waals surface area contributed by atoms with Crippen molar-refractivity contribution < 1.29 is 9.59 Å². The molecular weight excluding hydrogens is 320 g/mol. The fourth-order valence-corrected chi connectivity index (χ4v) is 3.52. The molecule has 0 radical (unpaired) electrons. The van der Waals surface area contributed by atoms with E-state index >= 15 is 0 Å². The Morgan fingerprint density at radius 2 is 1.75 bits per heavy atom. The van der Waals surface area contributed by atoms with Crippen LogP contribution in [0, 0.1) is 0 Å².